The standard InChI is InChI=1S/C8H9NO4/c1-13-6-4-5(2-3-9-6)7(10)8(11)12/h2-4,7,10H,1H3,(H,11,12). The highest BCUT2D eigenvalue weighted by Crippen LogP contribution is 2.16. The second kappa shape index (κ2) is 3.86. The summed E-state index contributed by atoms with van der Waals surface area (Å²) in [6, 6.07) is 2.79. The minimum atomic E-state index is -1.53. The Kier molecular flexibility index (Phi) is 2.81. The fourth-order valence-corrected chi connectivity index (χ4v) is 0.849. The van der Waals surface area contributed by atoms with Crippen LogP contribution < -0.4 is 4.74 Å². The zero-order chi connectivity index (χ0) is 9.84. The van der Waals surface area contributed by atoms with Gasteiger partial charge in [0.2, 0.25) is 5.88 Å². The fourth-order valence-electron chi connectivity index (χ4n) is 0.849. The lowest BCUT2D eigenvalue weighted by atomic mass is 10.1. The second-order valence-electron chi connectivity index (χ2n) is 2.37. The van der Waals surface area contributed by atoms with Gasteiger partial charge in [-0.1, -0.05) is 0 Å². The molecule has 1 unspecified atom stereocenters. The monoisotopic (exact) mass is 183 g/mol. The minimum absolute atomic E-state index is 0.249. The van der Waals surface area contributed by atoms with Crippen LogP contribution in [0, 0.1) is 0 Å². The molecule has 1 rings (SSSR count). The van der Waals surface area contributed by atoms with E-state index in [1.54, 1.807) is 0 Å². The van der Waals surface area contributed by atoms with Crippen LogP contribution in [0.4, 0.5) is 0 Å². The quantitative estimate of drug-likeness (QED) is 0.700. The van der Waals surface area contributed by atoms with E-state index in [0.29, 0.717) is 0 Å². The van der Waals surface area contributed by atoms with Crippen LogP contribution in [0.25, 0.3) is 0 Å². The number of aliphatic hydroxyl groups is 1. The SMILES string of the molecule is COc1cc(C(O)C(=O)O)ccn1. The number of aromatic nitrogens is 1. The van der Waals surface area contributed by atoms with Gasteiger partial charge in [0, 0.05) is 12.3 Å². The summed E-state index contributed by atoms with van der Waals surface area (Å²) >= 11 is 0. The van der Waals surface area contributed by atoms with Crippen molar-refractivity contribution in [1.29, 1.82) is 0 Å². The third-order valence-electron chi connectivity index (χ3n) is 1.52. The van der Waals surface area contributed by atoms with Crippen molar-refractivity contribution in [2.45, 2.75) is 6.10 Å². The number of ether oxygens (including phenoxy) is 1. The number of hydrogen-bond acceptors (Lipinski definition) is 4. The lowest BCUT2D eigenvalue weighted by Gasteiger charge is -2.06. The molecule has 0 fully saturated rings. The Labute approximate surface area is 74.6 Å². The zero-order valence-electron chi connectivity index (χ0n) is 6.97. The molecule has 0 aliphatic carbocycles. The molecule has 5 nitrogen and oxygen atoms in total. The normalized spacial score (nSPS) is 12.2. The Morgan fingerprint density at radius 3 is 2.92 bits per heavy atom. The molecule has 1 aromatic heterocycles. The van der Waals surface area contributed by atoms with E-state index in [-0.39, 0.29) is 11.4 Å². The maximum Gasteiger partial charge on any atom is 0.337 e. The van der Waals surface area contributed by atoms with E-state index in [9.17, 15) is 4.79 Å². The van der Waals surface area contributed by atoms with Crippen LogP contribution in [0.15, 0.2) is 18.3 Å². The van der Waals surface area contributed by atoms with Crippen molar-refractivity contribution in [2.75, 3.05) is 7.11 Å². The Bertz CT molecular complexity index is 313. The van der Waals surface area contributed by atoms with E-state index >= 15 is 0 Å². The van der Waals surface area contributed by atoms with Gasteiger partial charge >= 0.3 is 5.97 Å². The number of carbonyl (C=O) groups is 1. The topological polar surface area (TPSA) is 79.7 Å². The Balaban J connectivity index is 2.94. The molecule has 0 saturated heterocycles. The van der Waals surface area contributed by atoms with Crippen LogP contribution in [0.2, 0.25) is 0 Å². The number of aliphatic hydroxyl groups excluding tert-OH is 1. The molecule has 5 heteroatoms. The van der Waals surface area contributed by atoms with Crippen LogP contribution >= 0.6 is 0 Å². The molecule has 1 aromatic rings. The van der Waals surface area contributed by atoms with E-state index in [2.05, 4.69) is 4.98 Å². The van der Waals surface area contributed by atoms with Crippen LogP contribution in [-0.4, -0.2) is 28.3 Å². The summed E-state index contributed by atoms with van der Waals surface area (Å²) in [6.07, 6.45) is -0.155. The minimum Gasteiger partial charge on any atom is -0.481 e. The molecular weight excluding hydrogens is 174 g/mol. The van der Waals surface area contributed by atoms with Gasteiger partial charge in [0.25, 0.3) is 0 Å². The summed E-state index contributed by atoms with van der Waals surface area (Å²) in [4.78, 5) is 14.2. The number of rotatable bonds is 3. The van der Waals surface area contributed by atoms with E-state index in [1.807, 2.05) is 0 Å². The largest absolute Gasteiger partial charge is 0.481 e. The maximum absolute atomic E-state index is 10.4. The second-order valence-corrected chi connectivity index (χ2v) is 2.37. The third-order valence-corrected chi connectivity index (χ3v) is 1.52. The highest BCUT2D eigenvalue weighted by Gasteiger charge is 2.16. The first-order chi connectivity index (χ1) is 6.15. The molecule has 2 N–H and O–H groups in total. The number of hydrogen-bond donors (Lipinski definition) is 2. The van der Waals surface area contributed by atoms with Gasteiger partial charge in [-0.3, -0.25) is 0 Å². The van der Waals surface area contributed by atoms with Crippen molar-refractivity contribution in [1.82, 2.24) is 4.98 Å². The summed E-state index contributed by atoms with van der Waals surface area (Å²) in [5, 5.41) is 17.6. The molecule has 0 saturated carbocycles. The first kappa shape index (κ1) is 9.47. The van der Waals surface area contributed by atoms with Crippen LogP contribution in [0.3, 0.4) is 0 Å². The van der Waals surface area contributed by atoms with Crippen LogP contribution in [0.1, 0.15) is 11.7 Å². The molecule has 70 valence electrons. The predicted octanol–water partition coefficient (Wildman–Crippen LogP) is 0.208. The number of aliphatic carboxylic acids is 1. The molecule has 0 amide bonds. The molecule has 0 aromatic carbocycles. The Morgan fingerprint density at radius 1 is 1.69 bits per heavy atom. The van der Waals surface area contributed by atoms with E-state index in [4.69, 9.17) is 14.9 Å². The van der Waals surface area contributed by atoms with E-state index in [1.165, 1.54) is 25.4 Å². The summed E-state index contributed by atoms with van der Waals surface area (Å²) in [7, 11) is 1.42. The lowest BCUT2D eigenvalue weighted by molar-refractivity contribution is -0.146. The Hall–Kier alpha value is -1.62. The first-order valence-electron chi connectivity index (χ1n) is 3.56. The maximum atomic E-state index is 10.4. The molecule has 1 heterocycles. The molecule has 1 atom stereocenters. The highest BCUT2D eigenvalue weighted by molar-refractivity contribution is 5.74. The number of carboxylic acids is 1. The van der Waals surface area contributed by atoms with Crippen LogP contribution in [-0.2, 0) is 4.79 Å². The zero-order valence-corrected chi connectivity index (χ0v) is 6.97. The molecule has 0 spiro atoms. The van der Waals surface area contributed by atoms with E-state index in [0.717, 1.165) is 0 Å². The number of methoxy groups -OCH3 is 1. The summed E-state index contributed by atoms with van der Waals surface area (Å²) < 4.78 is 4.77. The summed E-state index contributed by atoms with van der Waals surface area (Å²) in [5.74, 6) is -1.02. The number of nitrogens with zero attached hydrogens (tertiary/aromatic N) is 1. The van der Waals surface area contributed by atoms with Gasteiger partial charge < -0.3 is 14.9 Å². The average Bonchev–Trinajstić information content (AvgIpc) is 2.16. The molecular formula is C8H9NO4. The third kappa shape index (κ3) is 2.16. The molecule has 13 heavy (non-hydrogen) atoms. The van der Waals surface area contributed by atoms with E-state index < -0.39 is 12.1 Å². The highest BCUT2D eigenvalue weighted by atomic mass is 16.5. The average molecular weight is 183 g/mol. The van der Waals surface area contributed by atoms with Crippen molar-refractivity contribution in [2.24, 2.45) is 0 Å². The van der Waals surface area contributed by atoms with Gasteiger partial charge in [-0.25, -0.2) is 9.78 Å². The van der Waals surface area contributed by atoms with Crippen molar-refractivity contribution < 1.29 is 19.7 Å². The fraction of sp³-hybridized carbons (Fsp3) is 0.250. The molecule has 0 aliphatic rings. The molecule has 0 bridgehead atoms. The summed E-state index contributed by atoms with van der Waals surface area (Å²) in [6.45, 7) is 0. The number of pyridine rings is 1. The van der Waals surface area contributed by atoms with Gasteiger partial charge in [0.05, 0.1) is 7.11 Å². The smallest absolute Gasteiger partial charge is 0.337 e. The number of carboxylic acid groups (broad SMARTS) is 1. The van der Waals surface area contributed by atoms with Gasteiger partial charge in [0.1, 0.15) is 0 Å². The van der Waals surface area contributed by atoms with Gasteiger partial charge in [-0.05, 0) is 11.6 Å². The van der Waals surface area contributed by atoms with Crippen molar-refractivity contribution in [3.05, 3.63) is 23.9 Å². The molecule has 0 radical (unpaired) electrons. The molecule has 0 aliphatic heterocycles. The lowest BCUT2D eigenvalue weighted by Crippen LogP contribution is -2.10. The van der Waals surface area contributed by atoms with Crippen molar-refractivity contribution in [3.63, 3.8) is 0 Å². The predicted molar refractivity (Wildman–Crippen MR) is 43.4 cm³/mol. The van der Waals surface area contributed by atoms with Crippen molar-refractivity contribution >= 4 is 5.97 Å². The Morgan fingerprint density at radius 2 is 2.38 bits per heavy atom. The van der Waals surface area contributed by atoms with Crippen LogP contribution in [0.5, 0.6) is 5.88 Å². The van der Waals surface area contributed by atoms with Crippen molar-refractivity contribution in [3.8, 4) is 5.88 Å². The first-order valence-corrected chi connectivity index (χ1v) is 3.56. The summed E-state index contributed by atoms with van der Waals surface area (Å²) in [5.41, 5.74) is 0.249. The van der Waals surface area contributed by atoms with Gasteiger partial charge in [0.15, 0.2) is 6.10 Å². The van der Waals surface area contributed by atoms with Gasteiger partial charge in [-0.2, -0.15) is 0 Å². The van der Waals surface area contributed by atoms with Gasteiger partial charge in [-0.15, -0.1) is 0 Å².